The summed E-state index contributed by atoms with van der Waals surface area (Å²) in [6.07, 6.45) is 5.57. The topological polar surface area (TPSA) is 89.6 Å². The number of rotatable bonds is 9. The molecule has 3 atom stereocenters. The number of aliphatic hydroxyl groups is 1. The third-order valence-corrected chi connectivity index (χ3v) is 6.41. The summed E-state index contributed by atoms with van der Waals surface area (Å²) in [6.45, 7) is 0.984. The second-order valence-electron chi connectivity index (χ2n) is 8.78. The number of nitrogens with one attached hydrogen (secondary N) is 1. The molecule has 3 aromatic rings. The van der Waals surface area contributed by atoms with Crippen molar-refractivity contribution in [2.75, 3.05) is 20.3 Å². The van der Waals surface area contributed by atoms with Gasteiger partial charge in [0.2, 0.25) is 5.88 Å². The van der Waals surface area contributed by atoms with Crippen LogP contribution < -0.4 is 15.8 Å². The van der Waals surface area contributed by atoms with E-state index in [1.54, 1.807) is 25.3 Å². The Labute approximate surface area is 203 Å². The van der Waals surface area contributed by atoms with Gasteiger partial charge in [-0.15, -0.1) is 0 Å². The second-order valence-corrected chi connectivity index (χ2v) is 8.78. The predicted octanol–water partition coefficient (Wildman–Crippen LogP) is 3.73. The number of nitrogens with two attached hydrogens (primary N) is 1. The highest BCUT2D eigenvalue weighted by Gasteiger charge is 2.26. The number of pyridine rings is 1. The number of nitrogens with zero attached hydrogens (tertiary/aromatic N) is 1. The van der Waals surface area contributed by atoms with Gasteiger partial charge in [-0.3, -0.25) is 0 Å². The lowest BCUT2D eigenvalue weighted by molar-refractivity contribution is -0.0156. The SMILES string of the molecule is COc1ccc2c(CO)ccc(CC(N)[C@@H]3CC[C@@H](NCC=Cc4cc(F)ccc4F)CO3)c2n1. The second kappa shape index (κ2) is 11.7. The van der Waals surface area contributed by atoms with E-state index in [4.69, 9.17) is 15.2 Å². The quantitative estimate of drug-likeness (QED) is 0.430. The molecule has 8 heteroatoms. The first-order valence-corrected chi connectivity index (χ1v) is 11.8. The van der Waals surface area contributed by atoms with E-state index < -0.39 is 11.6 Å². The van der Waals surface area contributed by atoms with Crippen LogP contribution in [0.2, 0.25) is 0 Å². The van der Waals surface area contributed by atoms with Gasteiger partial charge in [0.1, 0.15) is 11.6 Å². The Morgan fingerprint density at radius 2 is 2.03 bits per heavy atom. The van der Waals surface area contributed by atoms with E-state index in [1.807, 2.05) is 18.2 Å². The van der Waals surface area contributed by atoms with Crippen molar-refractivity contribution in [3.8, 4) is 5.88 Å². The average Bonchev–Trinajstić information content (AvgIpc) is 2.88. The molecule has 2 aromatic carbocycles. The predicted molar refractivity (Wildman–Crippen MR) is 132 cm³/mol. The summed E-state index contributed by atoms with van der Waals surface area (Å²) in [5.74, 6) is -0.401. The van der Waals surface area contributed by atoms with Gasteiger partial charge in [-0.25, -0.2) is 13.8 Å². The summed E-state index contributed by atoms with van der Waals surface area (Å²) in [5.41, 5.74) is 9.34. The molecule has 0 saturated carbocycles. The Hall–Kier alpha value is -2.91. The number of aromatic nitrogens is 1. The summed E-state index contributed by atoms with van der Waals surface area (Å²) in [7, 11) is 1.57. The number of halogens is 2. The van der Waals surface area contributed by atoms with E-state index in [0.29, 0.717) is 25.5 Å². The minimum absolute atomic E-state index is 0.0661. The van der Waals surface area contributed by atoms with Crippen molar-refractivity contribution in [2.45, 2.75) is 44.1 Å². The van der Waals surface area contributed by atoms with Crippen LogP contribution in [0, 0.1) is 11.6 Å². The van der Waals surface area contributed by atoms with Crippen LogP contribution in [0.3, 0.4) is 0 Å². The molecule has 1 fully saturated rings. The lowest BCUT2D eigenvalue weighted by atomic mass is 9.93. The van der Waals surface area contributed by atoms with Gasteiger partial charge in [0.05, 0.1) is 31.9 Å². The van der Waals surface area contributed by atoms with Crippen LogP contribution in [-0.4, -0.2) is 48.5 Å². The van der Waals surface area contributed by atoms with Crippen molar-refractivity contribution in [1.82, 2.24) is 10.3 Å². The van der Waals surface area contributed by atoms with E-state index in [1.165, 1.54) is 6.07 Å². The Bertz CT molecular complexity index is 1180. The van der Waals surface area contributed by atoms with E-state index >= 15 is 0 Å². The highest BCUT2D eigenvalue weighted by atomic mass is 19.1. The molecule has 1 unspecified atom stereocenters. The third-order valence-electron chi connectivity index (χ3n) is 6.41. The zero-order chi connectivity index (χ0) is 24.8. The first-order valence-electron chi connectivity index (χ1n) is 11.8. The van der Waals surface area contributed by atoms with Crippen LogP contribution in [-0.2, 0) is 17.8 Å². The summed E-state index contributed by atoms with van der Waals surface area (Å²) in [4.78, 5) is 4.60. The number of methoxy groups -OCH3 is 1. The van der Waals surface area contributed by atoms with Gasteiger partial charge >= 0.3 is 0 Å². The molecule has 35 heavy (non-hydrogen) atoms. The van der Waals surface area contributed by atoms with Gasteiger partial charge < -0.3 is 25.6 Å². The van der Waals surface area contributed by atoms with Crippen LogP contribution >= 0.6 is 0 Å². The maximum atomic E-state index is 13.7. The molecular formula is C27H31F2N3O3. The van der Waals surface area contributed by atoms with Crippen molar-refractivity contribution in [2.24, 2.45) is 5.73 Å². The van der Waals surface area contributed by atoms with Crippen molar-refractivity contribution in [1.29, 1.82) is 0 Å². The van der Waals surface area contributed by atoms with Crippen molar-refractivity contribution < 1.29 is 23.4 Å². The van der Waals surface area contributed by atoms with Gasteiger partial charge in [-0.2, -0.15) is 0 Å². The fraction of sp³-hybridized carbons (Fsp3) is 0.370. The van der Waals surface area contributed by atoms with Crippen LogP contribution in [0.5, 0.6) is 5.88 Å². The first-order chi connectivity index (χ1) is 17.0. The fourth-order valence-corrected chi connectivity index (χ4v) is 4.45. The van der Waals surface area contributed by atoms with Gasteiger partial charge in [0.15, 0.2) is 0 Å². The van der Waals surface area contributed by atoms with E-state index in [0.717, 1.165) is 47.0 Å². The van der Waals surface area contributed by atoms with E-state index in [-0.39, 0.29) is 30.4 Å². The van der Waals surface area contributed by atoms with Gasteiger partial charge in [-0.05, 0) is 54.7 Å². The summed E-state index contributed by atoms with van der Waals surface area (Å²) in [5, 5.41) is 13.9. The molecule has 0 aliphatic carbocycles. The summed E-state index contributed by atoms with van der Waals surface area (Å²) < 4.78 is 38.3. The molecule has 1 saturated heterocycles. The lowest BCUT2D eigenvalue weighted by Gasteiger charge is -2.33. The molecule has 4 rings (SSSR count). The molecule has 1 aliphatic rings. The largest absolute Gasteiger partial charge is 0.481 e. The lowest BCUT2D eigenvalue weighted by Crippen LogP contribution is -2.47. The molecule has 1 aliphatic heterocycles. The Balaban J connectivity index is 1.31. The number of aliphatic hydroxyl groups excluding tert-OH is 1. The van der Waals surface area contributed by atoms with Gasteiger partial charge in [-0.1, -0.05) is 24.3 Å². The number of ether oxygens (including phenoxy) is 2. The average molecular weight is 484 g/mol. The molecule has 6 nitrogen and oxygen atoms in total. The van der Waals surface area contributed by atoms with Crippen LogP contribution in [0.4, 0.5) is 8.78 Å². The Morgan fingerprint density at radius 1 is 1.20 bits per heavy atom. The highest BCUT2D eigenvalue weighted by molar-refractivity contribution is 5.85. The smallest absolute Gasteiger partial charge is 0.213 e. The maximum Gasteiger partial charge on any atom is 0.213 e. The minimum Gasteiger partial charge on any atom is -0.481 e. The number of benzene rings is 2. The van der Waals surface area contributed by atoms with E-state index in [9.17, 15) is 13.9 Å². The van der Waals surface area contributed by atoms with Crippen molar-refractivity contribution in [3.05, 3.63) is 76.9 Å². The standard InChI is InChI=1S/C27H31F2N3O3/c1-34-26-11-8-22-19(15-33)5-4-18(27(22)32-26)14-24(30)25-10-7-21(16-35-25)31-12-2-3-17-13-20(28)6-9-23(17)29/h2-6,8-9,11,13,21,24-25,31,33H,7,10,12,14-16,30H2,1H3/t21-,24?,25+/m1/s1. The molecule has 0 amide bonds. The van der Waals surface area contributed by atoms with Crippen LogP contribution in [0.25, 0.3) is 17.0 Å². The molecule has 0 spiro atoms. The van der Waals surface area contributed by atoms with Crippen LogP contribution in [0.1, 0.15) is 29.5 Å². The molecule has 2 heterocycles. The fourth-order valence-electron chi connectivity index (χ4n) is 4.45. The Kier molecular flexibility index (Phi) is 8.41. The summed E-state index contributed by atoms with van der Waals surface area (Å²) >= 11 is 0. The zero-order valence-electron chi connectivity index (χ0n) is 19.7. The van der Waals surface area contributed by atoms with Gasteiger partial charge in [0.25, 0.3) is 0 Å². The minimum atomic E-state index is -0.464. The first kappa shape index (κ1) is 25.2. The van der Waals surface area contributed by atoms with Crippen LogP contribution in [0.15, 0.2) is 48.5 Å². The molecule has 0 radical (unpaired) electrons. The monoisotopic (exact) mass is 483 g/mol. The molecular weight excluding hydrogens is 452 g/mol. The molecule has 4 N–H and O–H groups in total. The van der Waals surface area contributed by atoms with Crippen molar-refractivity contribution in [3.63, 3.8) is 0 Å². The summed E-state index contributed by atoms with van der Waals surface area (Å²) in [6, 6.07) is 10.9. The number of hydrogen-bond donors (Lipinski definition) is 3. The zero-order valence-corrected chi connectivity index (χ0v) is 19.7. The third kappa shape index (κ3) is 6.21. The molecule has 1 aromatic heterocycles. The highest BCUT2D eigenvalue weighted by Crippen LogP contribution is 2.26. The van der Waals surface area contributed by atoms with Gasteiger partial charge in [0, 0.05) is 35.6 Å². The normalized spacial score (nSPS) is 19.3. The van der Waals surface area contributed by atoms with E-state index in [2.05, 4.69) is 10.3 Å². The Morgan fingerprint density at radius 3 is 2.77 bits per heavy atom. The molecule has 186 valence electrons. The maximum absolute atomic E-state index is 13.7. The number of hydrogen-bond acceptors (Lipinski definition) is 6. The van der Waals surface area contributed by atoms with Crippen molar-refractivity contribution >= 4 is 17.0 Å². The molecule has 0 bridgehead atoms. The number of fused-ring (bicyclic) bond motifs is 1.